The molecule has 0 aliphatic carbocycles. The van der Waals surface area contributed by atoms with Crippen LogP contribution in [0.2, 0.25) is 0 Å². The number of fused-ring (bicyclic) bond motifs is 1. The third-order valence-electron chi connectivity index (χ3n) is 4.59. The maximum atomic E-state index is 12.9. The standard InChI is InChI=1S/C19H19N5O2/c1-12-10-15(25)11-16(20-12)19(26)23-8-9-24-18(13(23)2)21-17(22-24)14-6-4-3-5-7-14/h3-7,10-11,13H,8-9H2,1-2H3,(H,20,25)/t13-/m0/s1. The van der Waals surface area contributed by atoms with Gasteiger partial charge in [0.2, 0.25) is 0 Å². The molecule has 1 aromatic carbocycles. The Kier molecular flexibility index (Phi) is 3.91. The lowest BCUT2D eigenvalue weighted by molar-refractivity contribution is 0.0624. The van der Waals surface area contributed by atoms with Crippen molar-refractivity contribution in [2.75, 3.05) is 6.54 Å². The van der Waals surface area contributed by atoms with Gasteiger partial charge in [0.05, 0.1) is 12.6 Å². The number of rotatable bonds is 2. The summed E-state index contributed by atoms with van der Waals surface area (Å²) in [5.41, 5.74) is 1.74. The molecule has 0 saturated heterocycles. The van der Waals surface area contributed by atoms with Crippen LogP contribution in [-0.2, 0) is 6.54 Å². The van der Waals surface area contributed by atoms with Crippen LogP contribution in [0.3, 0.4) is 0 Å². The van der Waals surface area contributed by atoms with Gasteiger partial charge in [-0.3, -0.25) is 9.59 Å². The van der Waals surface area contributed by atoms with E-state index in [2.05, 4.69) is 15.1 Å². The minimum absolute atomic E-state index is 0.177. The van der Waals surface area contributed by atoms with Crippen LogP contribution in [0.15, 0.2) is 47.3 Å². The van der Waals surface area contributed by atoms with E-state index in [4.69, 9.17) is 0 Å². The van der Waals surface area contributed by atoms with Crippen molar-refractivity contribution in [1.29, 1.82) is 0 Å². The molecule has 1 atom stereocenters. The molecule has 7 nitrogen and oxygen atoms in total. The van der Waals surface area contributed by atoms with Crippen molar-refractivity contribution in [1.82, 2.24) is 24.6 Å². The fourth-order valence-electron chi connectivity index (χ4n) is 3.30. The molecule has 2 aromatic heterocycles. The summed E-state index contributed by atoms with van der Waals surface area (Å²) in [5.74, 6) is 1.21. The molecule has 1 aliphatic heterocycles. The molecule has 1 N–H and O–H groups in total. The molecule has 0 saturated carbocycles. The zero-order valence-electron chi connectivity index (χ0n) is 14.6. The van der Waals surface area contributed by atoms with Crippen molar-refractivity contribution in [3.8, 4) is 11.4 Å². The Hall–Kier alpha value is -3.22. The molecule has 132 valence electrons. The van der Waals surface area contributed by atoms with Gasteiger partial charge < -0.3 is 9.88 Å². The smallest absolute Gasteiger partial charge is 0.271 e. The normalized spacial score (nSPS) is 16.4. The molecule has 0 fully saturated rings. The summed E-state index contributed by atoms with van der Waals surface area (Å²) in [6.07, 6.45) is 0. The maximum absolute atomic E-state index is 12.9. The van der Waals surface area contributed by atoms with Crippen molar-refractivity contribution in [2.24, 2.45) is 0 Å². The molecular weight excluding hydrogens is 330 g/mol. The highest BCUT2D eigenvalue weighted by Crippen LogP contribution is 2.27. The van der Waals surface area contributed by atoms with E-state index in [0.717, 1.165) is 11.4 Å². The van der Waals surface area contributed by atoms with E-state index in [9.17, 15) is 9.59 Å². The van der Waals surface area contributed by atoms with E-state index >= 15 is 0 Å². The van der Waals surface area contributed by atoms with Gasteiger partial charge >= 0.3 is 0 Å². The SMILES string of the molecule is Cc1cc(=O)cc(C(=O)N2CCn3nc(-c4ccccc4)nc3[C@@H]2C)[nH]1. The summed E-state index contributed by atoms with van der Waals surface area (Å²) in [7, 11) is 0. The Balaban J connectivity index is 1.65. The molecular formula is C19H19N5O2. The molecule has 0 radical (unpaired) electrons. The lowest BCUT2D eigenvalue weighted by Gasteiger charge is -2.32. The van der Waals surface area contributed by atoms with Crippen molar-refractivity contribution >= 4 is 5.91 Å². The highest BCUT2D eigenvalue weighted by molar-refractivity contribution is 5.92. The van der Waals surface area contributed by atoms with Crippen LogP contribution in [0.1, 0.15) is 35.0 Å². The van der Waals surface area contributed by atoms with Crippen LogP contribution >= 0.6 is 0 Å². The number of benzene rings is 1. The number of nitrogens with zero attached hydrogens (tertiary/aromatic N) is 4. The lowest BCUT2D eigenvalue weighted by Crippen LogP contribution is -2.42. The van der Waals surface area contributed by atoms with Gasteiger partial charge in [-0.25, -0.2) is 9.67 Å². The Morgan fingerprint density at radius 1 is 1.19 bits per heavy atom. The van der Waals surface area contributed by atoms with Gasteiger partial charge in [-0.1, -0.05) is 30.3 Å². The Morgan fingerprint density at radius 3 is 2.69 bits per heavy atom. The van der Waals surface area contributed by atoms with E-state index in [0.29, 0.717) is 30.3 Å². The van der Waals surface area contributed by atoms with Gasteiger partial charge in [-0.2, -0.15) is 5.10 Å². The van der Waals surface area contributed by atoms with Crippen LogP contribution in [0, 0.1) is 6.92 Å². The molecule has 0 bridgehead atoms. The first-order valence-corrected chi connectivity index (χ1v) is 8.55. The number of amides is 1. The molecule has 3 aromatic rings. The maximum Gasteiger partial charge on any atom is 0.271 e. The van der Waals surface area contributed by atoms with E-state index in [1.54, 1.807) is 11.8 Å². The van der Waals surface area contributed by atoms with Crippen molar-refractivity contribution in [3.05, 3.63) is 69.9 Å². The average molecular weight is 349 g/mol. The fraction of sp³-hybridized carbons (Fsp3) is 0.263. The Bertz CT molecular complexity index is 1020. The molecule has 4 rings (SSSR count). The van der Waals surface area contributed by atoms with Gasteiger partial charge in [0.15, 0.2) is 11.3 Å². The monoisotopic (exact) mass is 349 g/mol. The summed E-state index contributed by atoms with van der Waals surface area (Å²) < 4.78 is 1.86. The molecule has 1 aliphatic rings. The minimum atomic E-state index is -0.231. The third kappa shape index (κ3) is 2.81. The molecule has 1 amide bonds. The van der Waals surface area contributed by atoms with Gasteiger partial charge in [0, 0.05) is 29.9 Å². The van der Waals surface area contributed by atoms with Gasteiger partial charge in [0.25, 0.3) is 5.91 Å². The van der Waals surface area contributed by atoms with Crippen LogP contribution in [0.5, 0.6) is 0 Å². The third-order valence-corrected chi connectivity index (χ3v) is 4.59. The lowest BCUT2D eigenvalue weighted by atomic mass is 10.1. The first kappa shape index (κ1) is 16.3. The van der Waals surface area contributed by atoms with Gasteiger partial charge in [-0.15, -0.1) is 0 Å². The number of aromatic amines is 1. The summed E-state index contributed by atoms with van der Waals surface area (Å²) in [4.78, 5) is 34.0. The quantitative estimate of drug-likeness (QED) is 0.768. The van der Waals surface area contributed by atoms with E-state index in [1.807, 2.05) is 41.9 Å². The van der Waals surface area contributed by atoms with Crippen LogP contribution in [-0.4, -0.2) is 37.1 Å². The number of nitrogens with one attached hydrogen (secondary N) is 1. The molecule has 7 heteroatoms. The summed E-state index contributed by atoms with van der Waals surface area (Å²) in [5, 5.41) is 4.58. The number of carbonyl (C=O) groups excluding carboxylic acids is 1. The number of aromatic nitrogens is 4. The second-order valence-electron chi connectivity index (χ2n) is 6.47. The number of pyridine rings is 1. The predicted octanol–water partition coefficient (Wildman–Crippen LogP) is 2.16. The molecule has 3 heterocycles. The second-order valence-corrected chi connectivity index (χ2v) is 6.47. The molecule has 0 spiro atoms. The van der Waals surface area contributed by atoms with E-state index < -0.39 is 0 Å². The zero-order valence-corrected chi connectivity index (χ0v) is 14.6. The highest BCUT2D eigenvalue weighted by atomic mass is 16.2. The van der Waals surface area contributed by atoms with Crippen LogP contribution in [0.25, 0.3) is 11.4 Å². The summed E-state index contributed by atoms with van der Waals surface area (Å²) in [6, 6.07) is 12.4. The topological polar surface area (TPSA) is 83.9 Å². The number of hydrogen-bond donors (Lipinski definition) is 1. The van der Waals surface area contributed by atoms with E-state index in [1.165, 1.54) is 12.1 Å². The second kappa shape index (κ2) is 6.25. The number of aryl methyl sites for hydroxylation is 1. The van der Waals surface area contributed by atoms with E-state index in [-0.39, 0.29) is 17.4 Å². The summed E-state index contributed by atoms with van der Waals surface area (Å²) in [6.45, 7) is 4.78. The molecule has 0 unspecified atom stereocenters. The Morgan fingerprint density at radius 2 is 1.96 bits per heavy atom. The molecule has 26 heavy (non-hydrogen) atoms. The first-order chi connectivity index (χ1) is 12.5. The van der Waals surface area contributed by atoms with Crippen molar-refractivity contribution < 1.29 is 4.79 Å². The van der Waals surface area contributed by atoms with Gasteiger partial charge in [0.1, 0.15) is 11.5 Å². The number of hydrogen-bond acceptors (Lipinski definition) is 4. The van der Waals surface area contributed by atoms with Gasteiger partial charge in [-0.05, 0) is 13.8 Å². The van der Waals surface area contributed by atoms with Crippen molar-refractivity contribution in [2.45, 2.75) is 26.4 Å². The number of carbonyl (C=O) groups is 1. The largest absolute Gasteiger partial charge is 0.354 e. The number of H-pyrrole nitrogens is 1. The predicted molar refractivity (Wildman–Crippen MR) is 96.7 cm³/mol. The fourth-order valence-corrected chi connectivity index (χ4v) is 3.30. The van der Waals surface area contributed by atoms with Crippen molar-refractivity contribution in [3.63, 3.8) is 0 Å². The summed E-state index contributed by atoms with van der Waals surface area (Å²) >= 11 is 0. The van der Waals surface area contributed by atoms with Crippen LogP contribution < -0.4 is 5.43 Å². The Labute approximate surface area is 150 Å². The first-order valence-electron chi connectivity index (χ1n) is 8.55. The zero-order chi connectivity index (χ0) is 18.3. The van der Waals surface area contributed by atoms with Crippen LogP contribution in [0.4, 0.5) is 0 Å². The minimum Gasteiger partial charge on any atom is -0.354 e. The average Bonchev–Trinajstić information content (AvgIpc) is 3.07. The highest BCUT2D eigenvalue weighted by Gasteiger charge is 2.31.